The second-order valence-electron chi connectivity index (χ2n) is 8.57. The molecule has 2 nitrogen and oxygen atoms in total. The summed E-state index contributed by atoms with van der Waals surface area (Å²) >= 11 is 3.71. The highest BCUT2D eigenvalue weighted by Crippen LogP contribution is 2.46. The van der Waals surface area contributed by atoms with E-state index in [4.69, 9.17) is 0 Å². The van der Waals surface area contributed by atoms with Gasteiger partial charge in [-0.3, -0.25) is 0 Å². The minimum Gasteiger partial charge on any atom is -0.335 e. The molecular formula is C31H27N2S2+. The van der Waals surface area contributed by atoms with Crippen LogP contribution < -0.4 is 9.47 Å². The molecule has 4 heteroatoms. The average molecular weight is 492 g/mol. The molecular weight excluding hydrogens is 464 g/mol. The quantitative estimate of drug-likeness (QED) is 0.260. The van der Waals surface area contributed by atoms with Crippen molar-refractivity contribution in [3.8, 4) is 0 Å². The van der Waals surface area contributed by atoms with Crippen LogP contribution in [0.3, 0.4) is 0 Å². The fourth-order valence-electron chi connectivity index (χ4n) is 4.91. The number of fused-ring (bicyclic) bond motifs is 3. The SMILES string of the molecule is CCN1C(=CC=C2C=C(C=Cc3sc4ccccc4[n+]3CC)c3ccccc32)Sc2ccccc21. The number of aromatic nitrogens is 1. The second kappa shape index (κ2) is 9.37. The summed E-state index contributed by atoms with van der Waals surface area (Å²) in [6.07, 6.45) is 11.4. The molecule has 0 atom stereocenters. The van der Waals surface area contributed by atoms with Crippen molar-refractivity contribution >= 4 is 56.2 Å². The molecule has 1 aliphatic heterocycles. The van der Waals surface area contributed by atoms with E-state index in [1.54, 1.807) is 0 Å². The zero-order valence-electron chi connectivity index (χ0n) is 19.9. The van der Waals surface area contributed by atoms with Crippen LogP contribution in [0.4, 0.5) is 5.69 Å². The van der Waals surface area contributed by atoms with Gasteiger partial charge in [-0.15, -0.1) is 0 Å². The third kappa shape index (κ3) is 3.97. The Morgan fingerprint density at radius 2 is 1.60 bits per heavy atom. The molecule has 0 radical (unpaired) electrons. The molecule has 6 rings (SSSR count). The molecule has 0 bridgehead atoms. The van der Waals surface area contributed by atoms with E-state index in [2.05, 4.69) is 126 Å². The highest BCUT2D eigenvalue weighted by atomic mass is 32.2. The van der Waals surface area contributed by atoms with Gasteiger partial charge in [-0.05, 0) is 72.5 Å². The molecule has 0 unspecified atom stereocenters. The molecule has 0 spiro atoms. The molecule has 172 valence electrons. The lowest BCUT2D eigenvalue weighted by atomic mass is 10.0. The molecule has 4 aromatic rings. The summed E-state index contributed by atoms with van der Waals surface area (Å²) in [7, 11) is 0. The van der Waals surface area contributed by atoms with Gasteiger partial charge in [0.05, 0.1) is 10.7 Å². The summed E-state index contributed by atoms with van der Waals surface area (Å²) in [5.41, 5.74) is 7.74. The maximum Gasteiger partial charge on any atom is 0.262 e. The van der Waals surface area contributed by atoms with Crippen LogP contribution in [0.1, 0.15) is 30.0 Å². The molecule has 0 amide bonds. The fraction of sp³-hybridized carbons (Fsp3) is 0.129. The van der Waals surface area contributed by atoms with Crippen molar-refractivity contribution in [1.82, 2.24) is 0 Å². The first-order valence-corrected chi connectivity index (χ1v) is 13.8. The van der Waals surface area contributed by atoms with E-state index in [0.29, 0.717) is 0 Å². The van der Waals surface area contributed by atoms with Crippen molar-refractivity contribution in [2.45, 2.75) is 25.3 Å². The fourth-order valence-corrected chi connectivity index (χ4v) is 7.17. The Balaban J connectivity index is 1.35. The Hall–Kier alpha value is -3.34. The van der Waals surface area contributed by atoms with Gasteiger partial charge in [0.1, 0.15) is 11.2 Å². The van der Waals surface area contributed by atoms with E-state index in [1.165, 1.54) is 53.1 Å². The topological polar surface area (TPSA) is 7.12 Å². The molecule has 35 heavy (non-hydrogen) atoms. The zero-order valence-corrected chi connectivity index (χ0v) is 21.6. The van der Waals surface area contributed by atoms with Gasteiger partial charge in [0.25, 0.3) is 5.01 Å². The first kappa shape index (κ1) is 22.1. The smallest absolute Gasteiger partial charge is 0.262 e. The minimum atomic E-state index is 0.964. The molecule has 0 saturated heterocycles. The van der Waals surface area contributed by atoms with Gasteiger partial charge >= 0.3 is 0 Å². The number of rotatable bonds is 5. The molecule has 2 aliphatic rings. The first-order valence-electron chi connectivity index (χ1n) is 12.1. The van der Waals surface area contributed by atoms with Crippen molar-refractivity contribution in [3.63, 3.8) is 0 Å². The van der Waals surface area contributed by atoms with E-state index in [-0.39, 0.29) is 0 Å². The van der Waals surface area contributed by atoms with Gasteiger partial charge in [0.15, 0.2) is 0 Å². The molecule has 1 aromatic heterocycles. The lowest BCUT2D eigenvalue weighted by molar-refractivity contribution is -0.665. The van der Waals surface area contributed by atoms with Gasteiger partial charge in [-0.2, -0.15) is 4.57 Å². The number of hydrogen-bond acceptors (Lipinski definition) is 3. The summed E-state index contributed by atoms with van der Waals surface area (Å²) in [5.74, 6) is 0. The second-order valence-corrected chi connectivity index (χ2v) is 10.7. The zero-order chi connectivity index (χ0) is 23.8. The van der Waals surface area contributed by atoms with E-state index >= 15 is 0 Å². The Morgan fingerprint density at radius 1 is 0.829 bits per heavy atom. The monoisotopic (exact) mass is 491 g/mol. The number of thiazole rings is 1. The first-order chi connectivity index (χ1) is 17.3. The summed E-state index contributed by atoms with van der Waals surface area (Å²) in [5, 5.41) is 2.57. The number of nitrogens with zero attached hydrogens (tertiary/aromatic N) is 2. The van der Waals surface area contributed by atoms with Crippen molar-refractivity contribution in [1.29, 1.82) is 0 Å². The van der Waals surface area contributed by atoms with Gasteiger partial charge in [0, 0.05) is 23.6 Å². The van der Waals surface area contributed by atoms with Crippen LogP contribution in [-0.4, -0.2) is 6.54 Å². The third-order valence-corrected chi connectivity index (χ3v) is 8.84. The number of benzene rings is 3. The van der Waals surface area contributed by atoms with E-state index in [0.717, 1.165) is 13.1 Å². The lowest BCUT2D eigenvalue weighted by Crippen LogP contribution is -2.33. The van der Waals surface area contributed by atoms with Crippen LogP contribution in [0.5, 0.6) is 0 Å². The summed E-state index contributed by atoms with van der Waals surface area (Å²) in [6, 6.07) is 26.1. The molecule has 1 aliphatic carbocycles. The van der Waals surface area contributed by atoms with Crippen LogP contribution >= 0.6 is 23.1 Å². The Labute approximate surface area is 215 Å². The maximum absolute atomic E-state index is 2.40. The highest BCUT2D eigenvalue weighted by Gasteiger charge is 2.23. The maximum atomic E-state index is 2.40. The number of thioether (sulfide) groups is 1. The molecule has 0 N–H and O–H groups in total. The largest absolute Gasteiger partial charge is 0.335 e. The van der Waals surface area contributed by atoms with Gasteiger partial charge in [-0.25, -0.2) is 0 Å². The van der Waals surface area contributed by atoms with Crippen LogP contribution in [0, 0.1) is 0 Å². The third-order valence-electron chi connectivity index (χ3n) is 6.58. The van der Waals surface area contributed by atoms with Gasteiger partial charge in [0.2, 0.25) is 5.52 Å². The minimum absolute atomic E-state index is 0.964. The predicted octanol–water partition coefficient (Wildman–Crippen LogP) is 8.18. The lowest BCUT2D eigenvalue weighted by Gasteiger charge is -2.17. The van der Waals surface area contributed by atoms with Crippen molar-refractivity contribution in [2.24, 2.45) is 0 Å². The number of anilines is 1. The Morgan fingerprint density at radius 3 is 2.46 bits per heavy atom. The van der Waals surface area contributed by atoms with Crippen LogP contribution in [0.15, 0.2) is 107 Å². The number of aryl methyl sites for hydroxylation is 1. The predicted molar refractivity (Wildman–Crippen MR) is 153 cm³/mol. The molecule has 0 fully saturated rings. The van der Waals surface area contributed by atoms with Crippen LogP contribution in [-0.2, 0) is 6.54 Å². The molecule has 0 saturated carbocycles. The van der Waals surface area contributed by atoms with Crippen molar-refractivity contribution in [3.05, 3.63) is 118 Å². The van der Waals surface area contributed by atoms with Crippen LogP contribution in [0.2, 0.25) is 0 Å². The van der Waals surface area contributed by atoms with Crippen LogP contribution in [0.25, 0.3) is 27.4 Å². The van der Waals surface area contributed by atoms with Crippen molar-refractivity contribution < 1.29 is 4.57 Å². The standard InChI is InChI=1S/C31H27N2S2/c1-3-32-26-13-7-9-15-28(26)34-30(32)19-17-22-21-23(25-12-6-5-11-24(22)25)18-20-31-33(4-2)27-14-8-10-16-29(27)35-31/h5-21H,3-4H2,1-2H3/q+1. The summed E-state index contributed by atoms with van der Waals surface area (Å²) in [4.78, 5) is 3.73. The summed E-state index contributed by atoms with van der Waals surface area (Å²) in [6.45, 7) is 6.36. The normalized spacial score (nSPS) is 17.1. The molecule has 3 aromatic carbocycles. The number of hydrogen-bond donors (Lipinski definition) is 0. The summed E-state index contributed by atoms with van der Waals surface area (Å²) < 4.78 is 3.73. The molecule has 2 heterocycles. The number of para-hydroxylation sites is 2. The number of allylic oxidation sites excluding steroid dienone is 6. The average Bonchev–Trinajstić information content (AvgIpc) is 3.56. The Kier molecular flexibility index (Phi) is 5.93. The van der Waals surface area contributed by atoms with Crippen molar-refractivity contribution in [2.75, 3.05) is 11.4 Å². The Bertz CT molecular complexity index is 1550. The van der Waals surface area contributed by atoms with E-state index < -0.39 is 0 Å². The van der Waals surface area contributed by atoms with Gasteiger partial charge < -0.3 is 4.90 Å². The van der Waals surface area contributed by atoms with Gasteiger partial charge in [-0.1, -0.05) is 77.7 Å². The van der Waals surface area contributed by atoms with E-state index in [9.17, 15) is 0 Å². The van der Waals surface area contributed by atoms with E-state index in [1.807, 2.05) is 23.1 Å². The highest BCUT2D eigenvalue weighted by molar-refractivity contribution is 8.03.